The minimum Gasteiger partial charge on any atom is -0.473 e. The second kappa shape index (κ2) is 6.51. The molecule has 1 aromatic carbocycles. The highest BCUT2D eigenvalue weighted by Gasteiger charge is 2.11. The second-order valence-corrected chi connectivity index (χ2v) is 4.75. The average molecular weight is 319 g/mol. The Morgan fingerprint density at radius 1 is 1.13 bits per heavy atom. The first-order valence-electron chi connectivity index (χ1n) is 6.78. The molecule has 7 heteroatoms. The molecule has 0 radical (unpaired) electrons. The minimum atomic E-state index is -2.72. The molecule has 0 atom stereocenters. The minimum absolute atomic E-state index is 0.0272. The molecule has 4 nitrogen and oxygen atoms in total. The molecule has 118 valence electrons. The third-order valence-electron chi connectivity index (χ3n) is 3.20. The fraction of sp³-hybridized carbons (Fsp3) is 0.125. The van der Waals surface area contributed by atoms with E-state index < -0.39 is 12.4 Å². The lowest BCUT2D eigenvalue weighted by Crippen LogP contribution is -2.00. The number of ether oxygens (including phenoxy) is 1. The van der Waals surface area contributed by atoms with E-state index in [0.717, 1.165) is 0 Å². The summed E-state index contributed by atoms with van der Waals surface area (Å²) in [7, 11) is 0. The summed E-state index contributed by atoms with van der Waals surface area (Å²) in [5.74, 6) is -0.0857. The third-order valence-corrected chi connectivity index (χ3v) is 3.20. The smallest absolute Gasteiger partial charge is 0.333 e. The van der Waals surface area contributed by atoms with E-state index in [1.165, 1.54) is 18.5 Å². The zero-order valence-corrected chi connectivity index (χ0v) is 11.9. The van der Waals surface area contributed by atoms with Gasteiger partial charge in [-0.2, -0.15) is 13.9 Å². The fourth-order valence-electron chi connectivity index (χ4n) is 2.02. The maximum absolute atomic E-state index is 14.1. The lowest BCUT2D eigenvalue weighted by molar-refractivity contribution is 0.0566. The van der Waals surface area contributed by atoms with Gasteiger partial charge in [-0.15, -0.1) is 0 Å². The Morgan fingerprint density at radius 2 is 2.00 bits per heavy atom. The fourth-order valence-corrected chi connectivity index (χ4v) is 2.02. The molecule has 23 heavy (non-hydrogen) atoms. The Bertz CT molecular complexity index is 790. The first-order valence-corrected chi connectivity index (χ1v) is 6.78. The Balaban J connectivity index is 1.75. The van der Waals surface area contributed by atoms with Gasteiger partial charge in [0.25, 0.3) is 0 Å². The third kappa shape index (κ3) is 3.50. The van der Waals surface area contributed by atoms with Crippen molar-refractivity contribution in [2.24, 2.45) is 0 Å². The first kappa shape index (κ1) is 15.1. The van der Waals surface area contributed by atoms with Crippen LogP contribution in [0.5, 0.6) is 5.88 Å². The lowest BCUT2D eigenvalue weighted by atomic mass is 10.1. The van der Waals surface area contributed by atoms with Crippen molar-refractivity contribution in [3.63, 3.8) is 0 Å². The molecule has 3 aromatic rings. The van der Waals surface area contributed by atoms with Crippen LogP contribution in [0.25, 0.3) is 11.1 Å². The number of aromatic nitrogens is 3. The van der Waals surface area contributed by atoms with Gasteiger partial charge in [0.15, 0.2) is 0 Å². The topological polar surface area (TPSA) is 39.9 Å². The van der Waals surface area contributed by atoms with Crippen LogP contribution >= 0.6 is 0 Å². The molecule has 0 aliphatic heterocycles. The highest BCUT2D eigenvalue weighted by atomic mass is 19.3. The van der Waals surface area contributed by atoms with Crippen LogP contribution in [0.3, 0.4) is 0 Å². The van der Waals surface area contributed by atoms with Crippen LogP contribution in [-0.2, 0) is 6.61 Å². The molecule has 0 unspecified atom stereocenters. The van der Waals surface area contributed by atoms with Gasteiger partial charge in [0.1, 0.15) is 12.4 Å². The number of benzene rings is 1. The molecule has 3 rings (SSSR count). The summed E-state index contributed by atoms with van der Waals surface area (Å²) in [5.41, 5.74) is 1.23. The molecule has 2 heterocycles. The van der Waals surface area contributed by atoms with Crippen LogP contribution in [-0.4, -0.2) is 14.8 Å². The van der Waals surface area contributed by atoms with Crippen LogP contribution in [0.4, 0.5) is 13.2 Å². The quantitative estimate of drug-likeness (QED) is 0.712. The zero-order valence-electron chi connectivity index (χ0n) is 11.9. The Labute approximate surface area is 130 Å². The zero-order chi connectivity index (χ0) is 16.2. The Hall–Kier alpha value is -2.83. The number of nitrogens with zero attached hydrogens (tertiary/aromatic N) is 3. The lowest BCUT2D eigenvalue weighted by Gasteiger charge is -2.07. The monoisotopic (exact) mass is 319 g/mol. The van der Waals surface area contributed by atoms with Crippen LogP contribution in [0.1, 0.15) is 12.1 Å². The van der Waals surface area contributed by atoms with E-state index in [1.54, 1.807) is 36.5 Å². The highest BCUT2D eigenvalue weighted by Crippen LogP contribution is 2.23. The van der Waals surface area contributed by atoms with Crippen molar-refractivity contribution in [2.45, 2.75) is 13.2 Å². The summed E-state index contributed by atoms with van der Waals surface area (Å²) >= 11 is 0. The molecule has 0 aliphatic rings. The van der Waals surface area contributed by atoms with Gasteiger partial charge in [-0.1, -0.05) is 18.2 Å². The van der Waals surface area contributed by atoms with Crippen LogP contribution in [0, 0.1) is 5.82 Å². The molecule has 2 aromatic heterocycles. The van der Waals surface area contributed by atoms with E-state index >= 15 is 0 Å². The molecule has 0 amide bonds. The summed E-state index contributed by atoms with van der Waals surface area (Å²) in [6, 6.07) is 9.64. The van der Waals surface area contributed by atoms with Crippen molar-refractivity contribution in [1.29, 1.82) is 0 Å². The van der Waals surface area contributed by atoms with E-state index in [9.17, 15) is 13.2 Å². The molecule has 0 N–H and O–H groups in total. The molecule has 0 saturated carbocycles. The van der Waals surface area contributed by atoms with Gasteiger partial charge in [0.05, 0.1) is 6.20 Å². The molecule has 0 spiro atoms. The summed E-state index contributed by atoms with van der Waals surface area (Å²) in [6.45, 7) is -2.70. The molecule has 0 bridgehead atoms. The second-order valence-electron chi connectivity index (χ2n) is 4.75. The normalized spacial score (nSPS) is 11.0. The van der Waals surface area contributed by atoms with Gasteiger partial charge < -0.3 is 4.74 Å². The summed E-state index contributed by atoms with van der Waals surface area (Å²) in [5, 5.41) is 3.53. The van der Waals surface area contributed by atoms with Crippen molar-refractivity contribution < 1.29 is 17.9 Å². The molecular weight excluding hydrogens is 307 g/mol. The van der Waals surface area contributed by atoms with E-state index in [-0.39, 0.29) is 6.61 Å². The van der Waals surface area contributed by atoms with Crippen molar-refractivity contribution in [3.8, 4) is 17.0 Å². The van der Waals surface area contributed by atoms with E-state index in [0.29, 0.717) is 27.3 Å². The molecular formula is C16H12F3N3O. The van der Waals surface area contributed by atoms with Crippen molar-refractivity contribution in [2.75, 3.05) is 0 Å². The molecule has 0 saturated heterocycles. The Kier molecular flexibility index (Phi) is 4.27. The standard InChI is InChI=1S/C16H12F3N3O/c17-14-7-11(13-8-21-22(9-13)16(18)19)4-5-12(14)10-23-15-3-1-2-6-20-15/h1-9,16H,10H2. The van der Waals surface area contributed by atoms with Crippen LogP contribution in [0.15, 0.2) is 55.0 Å². The largest absolute Gasteiger partial charge is 0.473 e. The summed E-state index contributed by atoms with van der Waals surface area (Å²) in [4.78, 5) is 3.98. The number of hydrogen-bond acceptors (Lipinski definition) is 3. The van der Waals surface area contributed by atoms with Gasteiger partial charge >= 0.3 is 6.55 Å². The number of alkyl halides is 2. The predicted molar refractivity (Wildman–Crippen MR) is 77.4 cm³/mol. The average Bonchev–Trinajstić information content (AvgIpc) is 3.05. The number of rotatable bonds is 5. The van der Waals surface area contributed by atoms with E-state index in [4.69, 9.17) is 4.74 Å². The maximum Gasteiger partial charge on any atom is 0.333 e. The molecule has 0 aliphatic carbocycles. The van der Waals surface area contributed by atoms with Crippen molar-refractivity contribution in [3.05, 3.63) is 66.4 Å². The molecule has 0 fully saturated rings. The SMILES string of the molecule is Fc1cc(-c2cnn(C(F)F)c2)ccc1COc1ccccn1. The van der Waals surface area contributed by atoms with Gasteiger partial charge in [0.2, 0.25) is 5.88 Å². The summed E-state index contributed by atoms with van der Waals surface area (Å²) in [6.07, 6.45) is 4.02. The number of pyridine rings is 1. The van der Waals surface area contributed by atoms with Gasteiger partial charge in [-0.25, -0.2) is 14.1 Å². The Morgan fingerprint density at radius 3 is 2.65 bits per heavy atom. The van der Waals surface area contributed by atoms with Gasteiger partial charge in [-0.05, 0) is 17.7 Å². The predicted octanol–water partition coefficient (Wildman–Crippen LogP) is 4.06. The van der Waals surface area contributed by atoms with Gasteiger partial charge in [0, 0.05) is 29.6 Å². The number of halogens is 3. The van der Waals surface area contributed by atoms with E-state index in [1.807, 2.05) is 0 Å². The highest BCUT2D eigenvalue weighted by molar-refractivity contribution is 5.62. The van der Waals surface area contributed by atoms with Gasteiger partial charge in [-0.3, -0.25) is 0 Å². The first-order chi connectivity index (χ1) is 11.1. The summed E-state index contributed by atoms with van der Waals surface area (Å²) < 4.78 is 45.0. The van der Waals surface area contributed by atoms with Crippen LogP contribution in [0.2, 0.25) is 0 Å². The van der Waals surface area contributed by atoms with Crippen molar-refractivity contribution >= 4 is 0 Å². The number of hydrogen-bond donors (Lipinski definition) is 0. The maximum atomic E-state index is 14.1. The van der Waals surface area contributed by atoms with E-state index in [2.05, 4.69) is 10.1 Å². The van der Waals surface area contributed by atoms with Crippen LogP contribution < -0.4 is 4.74 Å². The van der Waals surface area contributed by atoms with Crippen molar-refractivity contribution in [1.82, 2.24) is 14.8 Å².